The van der Waals surface area contributed by atoms with Crippen LogP contribution in [0.15, 0.2) is 31.8 Å². The fourth-order valence-electron chi connectivity index (χ4n) is 1.07. The van der Waals surface area contributed by atoms with Crippen LogP contribution in [0.3, 0.4) is 0 Å². The van der Waals surface area contributed by atoms with Gasteiger partial charge in [0.1, 0.15) is 11.5 Å². The molecule has 0 amide bonds. The quantitative estimate of drug-likeness (QED) is 0.918. The van der Waals surface area contributed by atoms with E-state index in [4.69, 9.17) is 8.94 Å². The van der Waals surface area contributed by atoms with E-state index in [1.165, 1.54) is 0 Å². The van der Waals surface area contributed by atoms with E-state index in [-0.39, 0.29) is 0 Å². The smallest absolute Gasteiger partial charge is 0.169 e. The molecule has 0 unspecified atom stereocenters. The minimum atomic E-state index is 0.595. The number of furan rings is 1. The van der Waals surface area contributed by atoms with Crippen LogP contribution in [-0.2, 0) is 6.54 Å². The van der Waals surface area contributed by atoms with Crippen molar-refractivity contribution in [3.8, 4) is 0 Å². The van der Waals surface area contributed by atoms with Gasteiger partial charge < -0.3 is 14.3 Å². The van der Waals surface area contributed by atoms with Crippen molar-refractivity contribution >= 4 is 21.7 Å². The molecule has 0 aromatic carbocycles. The van der Waals surface area contributed by atoms with Gasteiger partial charge >= 0.3 is 0 Å². The van der Waals surface area contributed by atoms with Gasteiger partial charge in [-0.25, -0.2) is 0 Å². The molecule has 2 heterocycles. The summed E-state index contributed by atoms with van der Waals surface area (Å²) in [5.41, 5.74) is 0. The van der Waals surface area contributed by atoms with Crippen molar-refractivity contribution in [2.45, 2.75) is 13.5 Å². The molecule has 0 bridgehead atoms. The Morgan fingerprint density at radius 3 is 2.93 bits per heavy atom. The molecule has 74 valence electrons. The number of nitrogens with zero attached hydrogens (tertiary/aromatic N) is 1. The predicted octanol–water partition coefficient (Wildman–Crippen LogP) is 2.95. The molecule has 1 N–H and O–H groups in total. The van der Waals surface area contributed by atoms with Gasteiger partial charge in [-0.05, 0) is 35.0 Å². The number of anilines is 1. The van der Waals surface area contributed by atoms with Crippen LogP contribution in [0.25, 0.3) is 0 Å². The van der Waals surface area contributed by atoms with Gasteiger partial charge in [-0.1, -0.05) is 5.16 Å². The summed E-state index contributed by atoms with van der Waals surface area (Å²) < 4.78 is 10.9. The summed E-state index contributed by atoms with van der Waals surface area (Å²) in [6, 6.07) is 5.58. The number of aryl methyl sites for hydroxylation is 1. The van der Waals surface area contributed by atoms with E-state index in [1.54, 1.807) is 0 Å². The van der Waals surface area contributed by atoms with Gasteiger partial charge in [0.2, 0.25) is 0 Å². The van der Waals surface area contributed by atoms with E-state index in [1.807, 2.05) is 25.1 Å². The molecule has 2 rings (SSSR count). The number of rotatable bonds is 3. The second kappa shape index (κ2) is 3.88. The average Bonchev–Trinajstić information content (AvgIpc) is 2.72. The average molecular weight is 257 g/mol. The molecular formula is C9H9BrN2O2. The van der Waals surface area contributed by atoms with Gasteiger partial charge in [-0.15, -0.1) is 0 Å². The van der Waals surface area contributed by atoms with E-state index >= 15 is 0 Å². The molecule has 5 heteroatoms. The van der Waals surface area contributed by atoms with E-state index in [0.29, 0.717) is 6.54 Å². The Balaban J connectivity index is 1.94. The first kappa shape index (κ1) is 9.33. The van der Waals surface area contributed by atoms with Crippen LogP contribution in [0.5, 0.6) is 0 Å². The van der Waals surface area contributed by atoms with Crippen molar-refractivity contribution in [1.82, 2.24) is 5.16 Å². The third-order valence-corrected chi connectivity index (χ3v) is 2.13. The Hall–Kier alpha value is -1.23. The minimum absolute atomic E-state index is 0.595. The maximum absolute atomic E-state index is 5.31. The van der Waals surface area contributed by atoms with E-state index in [2.05, 4.69) is 26.4 Å². The van der Waals surface area contributed by atoms with E-state index < -0.39 is 0 Å². The minimum Gasteiger partial charge on any atom is -0.452 e. The Kier molecular flexibility index (Phi) is 2.58. The number of nitrogens with one attached hydrogen (secondary N) is 1. The third kappa shape index (κ3) is 2.17. The molecule has 0 radical (unpaired) electrons. The zero-order chi connectivity index (χ0) is 9.97. The molecule has 2 aromatic heterocycles. The molecule has 0 saturated carbocycles. The van der Waals surface area contributed by atoms with Crippen LogP contribution in [0, 0.1) is 6.92 Å². The first-order chi connectivity index (χ1) is 6.74. The molecule has 0 spiro atoms. The highest BCUT2D eigenvalue weighted by atomic mass is 79.9. The van der Waals surface area contributed by atoms with Crippen LogP contribution in [0.2, 0.25) is 0 Å². The van der Waals surface area contributed by atoms with Gasteiger partial charge in [0.25, 0.3) is 0 Å². The molecule has 0 aliphatic carbocycles. The molecule has 0 saturated heterocycles. The number of hydrogen-bond donors (Lipinski definition) is 1. The predicted molar refractivity (Wildman–Crippen MR) is 55.0 cm³/mol. The maximum Gasteiger partial charge on any atom is 0.169 e. The summed E-state index contributed by atoms with van der Waals surface area (Å²) in [4.78, 5) is 0. The van der Waals surface area contributed by atoms with Crippen molar-refractivity contribution in [2.75, 3.05) is 5.32 Å². The number of hydrogen-bond acceptors (Lipinski definition) is 4. The van der Waals surface area contributed by atoms with Gasteiger partial charge in [0, 0.05) is 6.07 Å². The first-order valence-corrected chi connectivity index (χ1v) is 4.95. The Labute approximate surface area is 89.4 Å². The lowest BCUT2D eigenvalue weighted by atomic mass is 10.4. The summed E-state index contributed by atoms with van der Waals surface area (Å²) in [5, 5.41) is 6.87. The zero-order valence-corrected chi connectivity index (χ0v) is 9.17. The number of aromatic nitrogens is 1. The molecule has 0 aliphatic rings. The zero-order valence-electron chi connectivity index (χ0n) is 7.58. The maximum atomic E-state index is 5.31. The molecule has 2 aromatic rings. The van der Waals surface area contributed by atoms with Crippen molar-refractivity contribution in [3.05, 3.63) is 34.4 Å². The second-order valence-corrected chi connectivity index (χ2v) is 3.66. The highest BCUT2D eigenvalue weighted by Gasteiger charge is 2.02. The largest absolute Gasteiger partial charge is 0.452 e. The standard InChI is InChI=1S/C9H9BrN2O2/c1-6-4-9(12-14-6)11-5-7-2-3-8(10)13-7/h2-4H,5H2,1H3,(H,11,12). The summed E-state index contributed by atoms with van der Waals surface area (Å²) in [5.74, 6) is 2.35. The Bertz CT molecular complexity index is 382. The van der Waals surface area contributed by atoms with Gasteiger partial charge in [-0.2, -0.15) is 0 Å². The van der Waals surface area contributed by atoms with Crippen LogP contribution >= 0.6 is 15.9 Å². The van der Waals surface area contributed by atoms with Crippen LogP contribution in [0.4, 0.5) is 5.82 Å². The summed E-state index contributed by atoms with van der Waals surface area (Å²) in [6.07, 6.45) is 0. The van der Waals surface area contributed by atoms with Gasteiger partial charge in [0.05, 0.1) is 6.54 Å². The van der Waals surface area contributed by atoms with E-state index in [9.17, 15) is 0 Å². The monoisotopic (exact) mass is 256 g/mol. The van der Waals surface area contributed by atoms with Crippen molar-refractivity contribution in [1.29, 1.82) is 0 Å². The highest BCUT2D eigenvalue weighted by molar-refractivity contribution is 9.10. The summed E-state index contributed by atoms with van der Waals surface area (Å²) in [6.45, 7) is 2.44. The SMILES string of the molecule is Cc1cc(NCc2ccc(Br)o2)no1. The lowest BCUT2D eigenvalue weighted by molar-refractivity contribution is 0.399. The summed E-state index contributed by atoms with van der Waals surface area (Å²) in [7, 11) is 0. The topological polar surface area (TPSA) is 51.2 Å². The first-order valence-electron chi connectivity index (χ1n) is 4.15. The third-order valence-electron chi connectivity index (χ3n) is 1.70. The molecule has 4 nitrogen and oxygen atoms in total. The Morgan fingerprint density at radius 2 is 2.36 bits per heavy atom. The number of halogens is 1. The van der Waals surface area contributed by atoms with Crippen molar-refractivity contribution in [2.24, 2.45) is 0 Å². The molecule has 14 heavy (non-hydrogen) atoms. The lowest BCUT2D eigenvalue weighted by Gasteiger charge is -1.97. The highest BCUT2D eigenvalue weighted by Crippen LogP contribution is 2.15. The molecule has 0 fully saturated rings. The van der Waals surface area contributed by atoms with Gasteiger partial charge in [0.15, 0.2) is 10.5 Å². The van der Waals surface area contributed by atoms with Crippen LogP contribution in [0.1, 0.15) is 11.5 Å². The molecule has 0 atom stereocenters. The fourth-order valence-corrected chi connectivity index (χ4v) is 1.41. The Morgan fingerprint density at radius 1 is 1.50 bits per heavy atom. The normalized spacial score (nSPS) is 10.4. The summed E-state index contributed by atoms with van der Waals surface area (Å²) >= 11 is 3.23. The molecule has 0 aliphatic heterocycles. The van der Waals surface area contributed by atoms with E-state index in [0.717, 1.165) is 22.0 Å². The molecular weight excluding hydrogens is 248 g/mol. The van der Waals surface area contributed by atoms with Gasteiger partial charge in [-0.3, -0.25) is 0 Å². The fraction of sp³-hybridized carbons (Fsp3) is 0.222. The lowest BCUT2D eigenvalue weighted by Crippen LogP contribution is -1.97. The second-order valence-electron chi connectivity index (χ2n) is 2.88. The van der Waals surface area contributed by atoms with Crippen molar-refractivity contribution < 1.29 is 8.94 Å². The van der Waals surface area contributed by atoms with Crippen LogP contribution < -0.4 is 5.32 Å². The van der Waals surface area contributed by atoms with Crippen LogP contribution in [-0.4, -0.2) is 5.16 Å². The van der Waals surface area contributed by atoms with Crippen molar-refractivity contribution in [3.63, 3.8) is 0 Å².